The highest BCUT2D eigenvalue weighted by Crippen LogP contribution is 2.15. The van der Waals surface area contributed by atoms with Crippen molar-refractivity contribution in [3.05, 3.63) is 55.1 Å². The second kappa shape index (κ2) is 7.71. The molecular formula is C16H22N4O. The van der Waals surface area contributed by atoms with Gasteiger partial charge >= 0.3 is 0 Å². The third-order valence-corrected chi connectivity index (χ3v) is 3.44. The molecule has 21 heavy (non-hydrogen) atoms. The first kappa shape index (κ1) is 15.4. The number of rotatable bonds is 8. The number of nitrogens with zero attached hydrogens (tertiary/aromatic N) is 3. The Hall–Kier alpha value is -1.98. The fraction of sp³-hybridized carbons (Fsp3) is 0.375. The van der Waals surface area contributed by atoms with E-state index >= 15 is 0 Å². The molecular weight excluding hydrogens is 264 g/mol. The molecule has 0 saturated carbocycles. The van der Waals surface area contributed by atoms with E-state index in [9.17, 15) is 5.11 Å². The zero-order valence-electron chi connectivity index (χ0n) is 12.3. The fourth-order valence-corrected chi connectivity index (χ4v) is 2.10. The van der Waals surface area contributed by atoms with E-state index in [1.807, 2.05) is 18.2 Å². The first-order valence-corrected chi connectivity index (χ1v) is 7.18. The maximum atomic E-state index is 9.82. The van der Waals surface area contributed by atoms with Crippen LogP contribution in [0.5, 0.6) is 0 Å². The van der Waals surface area contributed by atoms with Crippen LogP contribution in [0.2, 0.25) is 0 Å². The quantitative estimate of drug-likeness (QED) is 0.731. The average Bonchev–Trinajstić information content (AvgIpc) is 3.05. The number of aliphatic hydroxyl groups is 1. The summed E-state index contributed by atoms with van der Waals surface area (Å²) < 4.78 is 1.72. The van der Waals surface area contributed by atoms with Gasteiger partial charge in [-0.3, -0.25) is 0 Å². The number of aliphatic hydroxyl groups excluding tert-OH is 1. The molecule has 0 aliphatic heterocycles. The minimum atomic E-state index is -0.333. The third kappa shape index (κ3) is 4.51. The maximum absolute atomic E-state index is 9.82. The predicted octanol–water partition coefficient (Wildman–Crippen LogP) is 2.25. The lowest BCUT2D eigenvalue weighted by Gasteiger charge is -2.17. The van der Waals surface area contributed by atoms with Gasteiger partial charge in [-0.2, -0.15) is 5.10 Å². The standard InChI is InChI=1S/C16H22N4O/c1-3-4-5-16(21)10-18-13(2)14-6-8-15(9-7-14)20-12-17-11-19-20/h3,6-9,11-13,16,18,21H,1,4-5,10H2,2H3. The van der Waals surface area contributed by atoms with E-state index < -0.39 is 0 Å². The molecule has 5 heteroatoms. The molecule has 0 saturated heterocycles. The molecule has 0 spiro atoms. The molecule has 0 bridgehead atoms. The summed E-state index contributed by atoms with van der Waals surface area (Å²) in [6.45, 7) is 6.33. The van der Waals surface area contributed by atoms with Crippen LogP contribution in [0.4, 0.5) is 0 Å². The highest BCUT2D eigenvalue weighted by atomic mass is 16.3. The van der Waals surface area contributed by atoms with E-state index in [-0.39, 0.29) is 12.1 Å². The fourth-order valence-electron chi connectivity index (χ4n) is 2.10. The van der Waals surface area contributed by atoms with Crippen LogP contribution in [0.1, 0.15) is 31.4 Å². The van der Waals surface area contributed by atoms with Crippen molar-refractivity contribution in [1.29, 1.82) is 0 Å². The highest BCUT2D eigenvalue weighted by Gasteiger charge is 2.08. The number of nitrogens with one attached hydrogen (secondary N) is 1. The molecule has 2 atom stereocenters. The van der Waals surface area contributed by atoms with Crippen LogP contribution < -0.4 is 5.32 Å². The Labute approximate surface area is 125 Å². The van der Waals surface area contributed by atoms with Crippen molar-refractivity contribution in [2.75, 3.05) is 6.54 Å². The predicted molar refractivity (Wildman–Crippen MR) is 83.2 cm³/mol. The molecule has 2 rings (SSSR count). The summed E-state index contributed by atoms with van der Waals surface area (Å²) in [5.74, 6) is 0. The summed E-state index contributed by atoms with van der Waals surface area (Å²) >= 11 is 0. The van der Waals surface area contributed by atoms with Gasteiger partial charge in [-0.25, -0.2) is 9.67 Å². The van der Waals surface area contributed by atoms with Crippen LogP contribution in [0.3, 0.4) is 0 Å². The van der Waals surface area contributed by atoms with E-state index in [0.717, 1.165) is 18.5 Å². The average molecular weight is 286 g/mol. The van der Waals surface area contributed by atoms with Gasteiger partial charge in [-0.1, -0.05) is 18.2 Å². The zero-order valence-corrected chi connectivity index (χ0v) is 12.3. The second-order valence-electron chi connectivity index (χ2n) is 5.08. The Morgan fingerprint density at radius 2 is 2.14 bits per heavy atom. The van der Waals surface area contributed by atoms with Crippen LogP contribution in [0.25, 0.3) is 5.69 Å². The number of aromatic nitrogens is 3. The van der Waals surface area contributed by atoms with Crippen molar-refractivity contribution in [2.24, 2.45) is 0 Å². The second-order valence-corrected chi connectivity index (χ2v) is 5.08. The summed E-state index contributed by atoms with van der Waals surface area (Å²) in [5.41, 5.74) is 2.16. The van der Waals surface area contributed by atoms with Crippen LogP contribution >= 0.6 is 0 Å². The molecule has 0 aliphatic carbocycles. The van der Waals surface area contributed by atoms with Gasteiger partial charge in [-0.15, -0.1) is 6.58 Å². The largest absolute Gasteiger partial charge is 0.392 e. The van der Waals surface area contributed by atoms with Crippen LogP contribution in [0, 0.1) is 0 Å². The van der Waals surface area contributed by atoms with Gasteiger partial charge in [0.05, 0.1) is 11.8 Å². The molecule has 0 radical (unpaired) electrons. The normalized spacial score (nSPS) is 13.8. The Kier molecular flexibility index (Phi) is 5.66. The highest BCUT2D eigenvalue weighted by molar-refractivity contribution is 5.34. The van der Waals surface area contributed by atoms with E-state index in [0.29, 0.717) is 6.54 Å². The van der Waals surface area contributed by atoms with Crippen molar-refractivity contribution in [2.45, 2.75) is 31.9 Å². The van der Waals surface area contributed by atoms with Gasteiger partial charge in [0.25, 0.3) is 0 Å². The smallest absolute Gasteiger partial charge is 0.138 e. The molecule has 5 nitrogen and oxygen atoms in total. The molecule has 2 aromatic rings. The molecule has 112 valence electrons. The number of benzene rings is 1. The number of hydrogen-bond donors (Lipinski definition) is 2. The molecule has 1 heterocycles. The topological polar surface area (TPSA) is 63.0 Å². The van der Waals surface area contributed by atoms with Gasteiger partial charge in [0.1, 0.15) is 12.7 Å². The van der Waals surface area contributed by atoms with Gasteiger partial charge in [-0.05, 0) is 37.5 Å². The SMILES string of the molecule is C=CCCC(O)CNC(C)c1ccc(-n2cncn2)cc1. The zero-order chi connectivity index (χ0) is 15.1. The minimum Gasteiger partial charge on any atom is -0.392 e. The first-order chi connectivity index (χ1) is 10.2. The number of hydrogen-bond acceptors (Lipinski definition) is 4. The molecule has 0 amide bonds. The molecule has 2 N–H and O–H groups in total. The van der Waals surface area contributed by atoms with Crippen molar-refractivity contribution in [3.8, 4) is 5.69 Å². The summed E-state index contributed by atoms with van der Waals surface area (Å²) in [6, 6.07) is 8.33. The van der Waals surface area contributed by atoms with E-state index in [1.165, 1.54) is 11.9 Å². The van der Waals surface area contributed by atoms with Crippen molar-refractivity contribution in [3.63, 3.8) is 0 Å². The summed E-state index contributed by atoms with van der Waals surface area (Å²) in [6.07, 6.45) is 6.27. The summed E-state index contributed by atoms with van der Waals surface area (Å²) in [4.78, 5) is 3.93. The lowest BCUT2D eigenvalue weighted by Crippen LogP contribution is -2.29. The van der Waals surface area contributed by atoms with Crippen LogP contribution in [-0.4, -0.2) is 32.5 Å². The molecule has 1 aromatic heterocycles. The Morgan fingerprint density at radius 3 is 2.76 bits per heavy atom. The number of allylic oxidation sites excluding steroid dienone is 1. The Morgan fingerprint density at radius 1 is 1.38 bits per heavy atom. The molecule has 2 unspecified atom stereocenters. The Bertz CT molecular complexity index is 536. The van der Waals surface area contributed by atoms with Gasteiger partial charge < -0.3 is 10.4 Å². The van der Waals surface area contributed by atoms with Crippen molar-refractivity contribution in [1.82, 2.24) is 20.1 Å². The van der Waals surface area contributed by atoms with Crippen molar-refractivity contribution < 1.29 is 5.11 Å². The lowest BCUT2D eigenvalue weighted by atomic mass is 10.1. The van der Waals surface area contributed by atoms with Crippen molar-refractivity contribution >= 4 is 0 Å². The van der Waals surface area contributed by atoms with Gasteiger partial charge in [0.15, 0.2) is 0 Å². The summed E-state index contributed by atoms with van der Waals surface area (Å²) in [5, 5.41) is 17.3. The van der Waals surface area contributed by atoms with Gasteiger partial charge in [0, 0.05) is 12.6 Å². The maximum Gasteiger partial charge on any atom is 0.138 e. The Balaban J connectivity index is 1.88. The first-order valence-electron chi connectivity index (χ1n) is 7.18. The van der Waals surface area contributed by atoms with Gasteiger partial charge in [0.2, 0.25) is 0 Å². The molecule has 0 fully saturated rings. The van der Waals surface area contributed by atoms with E-state index in [1.54, 1.807) is 11.0 Å². The van der Waals surface area contributed by atoms with Crippen LogP contribution in [0.15, 0.2) is 49.6 Å². The monoisotopic (exact) mass is 286 g/mol. The molecule has 0 aliphatic rings. The van der Waals surface area contributed by atoms with Crippen LogP contribution in [-0.2, 0) is 0 Å². The summed E-state index contributed by atoms with van der Waals surface area (Å²) in [7, 11) is 0. The van der Waals surface area contributed by atoms with E-state index in [4.69, 9.17) is 0 Å². The van der Waals surface area contributed by atoms with E-state index in [2.05, 4.69) is 41.0 Å². The lowest BCUT2D eigenvalue weighted by molar-refractivity contribution is 0.159. The minimum absolute atomic E-state index is 0.188. The molecule has 1 aromatic carbocycles. The third-order valence-electron chi connectivity index (χ3n) is 3.44.